The molecular weight excluding hydrogens is 630 g/mol. The molecule has 2 aliphatic rings. The first-order valence-electron chi connectivity index (χ1n) is 16.5. The van der Waals surface area contributed by atoms with E-state index in [2.05, 4.69) is 62.1 Å². The molecule has 0 spiro atoms. The van der Waals surface area contributed by atoms with E-state index in [1.54, 1.807) is 12.4 Å². The summed E-state index contributed by atoms with van der Waals surface area (Å²) in [5.74, 6) is 0.831. The number of aryl methyl sites for hydroxylation is 1. The smallest absolute Gasteiger partial charge is 0.172 e. The summed E-state index contributed by atoms with van der Waals surface area (Å²) in [6.07, 6.45) is 7.37. The van der Waals surface area contributed by atoms with Gasteiger partial charge in [0.05, 0.1) is 34.1 Å². The summed E-state index contributed by atoms with van der Waals surface area (Å²) >= 11 is 8.26. The predicted octanol–water partition coefficient (Wildman–Crippen LogP) is 5.94. The number of hydrogen-bond acceptors (Lipinski definition) is 10. The van der Waals surface area contributed by atoms with E-state index in [0.29, 0.717) is 22.9 Å². The molecule has 0 bridgehead atoms. The molecule has 0 amide bonds. The number of benzene rings is 2. The number of nitrogens with zero attached hydrogens (tertiary/aromatic N) is 8. The number of likely N-dealkylation sites (N-methyl/N-ethyl adjacent to an activating group) is 2. The number of piperazine rings is 1. The molecule has 0 saturated carbocycles. The summed E-state index contributed by atoms with van der Waals surface area (Å²) in [7, 11) is 4.14. The maximum absolute atomic E-state index is 10.1. The van der Waals surface area contributed by atoms with Crippen LogP contribution in [-0.4, -0.2) is 108 Å². The molecule has 2 aromatic carbocycles. The van der Waals surface area contributed by atoms with E-state index in [4.69, 9.17) is 21.3 Å². The van der Waals surface area contributed by atoms with Crippen molar-refractivity contribution in [3.8, 4) is 11.8 Å². The van der Waals surface area contributed by atoms with Crippen LogP contribution in [0.3, 0.4) is 0 Å². The van der Waals surface area contributed by atoms with Gasteiger partial charge < -0.3 is 34.2 Å². The van der Waals surface area contributed by atoms with Crippen molar-refractivity contribution in [1.29, 1.82) is 5.26 Å². The molecule has 2 saturated heterocycles. The van der Waals surface area contributed by atoms with Gasteiger partial charge in [0.1, 0.15) is 11.8 Å². The number of pyridine rings is 1. The Morgan fingerprint density at radius 3 is 2.57 bits per heavy atom. The molecule has 0 atom stereocenters. The summed E-state index contributed by atoms with van der Waals surface area (Å²) in [5, 5.41) is 15.9. The highest BCUT2D eigenvalue weighted by molar-refractivity contribution is 7.99. The maximum atomic E-state index is 10.1. The molecule has 4 heterocycles. The SMILES string of the molecule is CCN1CCN(CCCOc2cc3c(Nc4ccc(Sc5nccn5C)c(Cl)c4)c(C#N)cnc3cc2N2CCCN(C)CC2)CC1. The van der Waals surface area contributed by atoms with Gasteiger partial charge in [-0.25, -0.2) is 4.98 Å². The van der Waals surface area contributed by atoms with E-state index in [9.17, 15) is 5.26 Å². The number of rotatable bonds is 11. The van der Waals surface area contributed by atoms with Crippen LogP contribution < -0.4 is 15.0 Å². The first-order valence-corrected chi connectivity index (χ1v) is 17.7. The minimum absolute atomic E-state index is 0.460. The van der Waals surface area contributed by atoms with Crippen molar-refractivity contribution in [2.75, 3.05) is 89.3 Å². The van der Waals surface area contributed by atoms with Crippen LogP contribution in [-0.2, 0) is 7.05 Å². The van der Waals surface area contributed by atoms with Crippen LogP contribution in [0.1, 0.15) is 25.3 Å². The van der Waals surface area contributed by atoms with Crippen LogP contribution >= 0.6 is 23.4 Å². The molecule has 0 aliphatic carbocycles. The van der Waals surface area contributed by atoms with E-state index in [0.717, 1.165) is 116 Å². The highest BCUT2D eigenvalue weighted by Crippen LogP contribution is 2.40. The third kappa shape index (κ3) is 8.13. The van der Waals surface area contributed by atoms with Crippen molar-refractivity contribution < 1.29 is 4.74 Å². The quantitative estimate of drug-likeness (QED) is 0.193. The van der Waals surface area contributed by atoms with E-state index in [-0.39, 0.29) is 0 Å². The number of nitrogens with one attached hydrogen (secondary N) is 1. The molecule has 2 fully saturated rings. The van der Waals surface area contributed by atoms with Gasteiger partial charge in [-0.2, -0.15) is 5.26 Å². The zero-order valence-electron chi connectivity index (χ0n) is 27.6. The van der Waals surface area contributed by atoms with Gasteiger partial charge in [0.25, 0.3) is 0 Å². The van der Waals surface area contributed by atoms with E-state index < -0.39 is 0 Å². The number of nitriles is 1. The zero-order valence-corrected chi connectivity index (χ0v) is 29.2. The predicted molar refractivity (Wildman–Crippen MR) is 192 cm³/mol. The Balaban J connectivity index is 1.27. The Hall–Kier alpha value is -3.53. The Morgan fingerprint density at radius 1 is 1.00 bits per heavy atom. The minimum atomic E-state index is 0.460. The lowest BCUT2D eigenvalue weighted by molar-refractivity contribution is 0.130. The van der Waals surface area contributed by atoms with Crippen molar-refractivity contribution in [2.24, 2.45) is 7.05 Å². The third-order valence-corrected chi connectivity index (χ3v) is 10.7. The molecule has 6 rings (SSSR count). The molecule has 2 aliphatic heterocycles. The largest absolute Gasteiger partial charge is 0.491 e. The number of aromatic nitrogens is 3. The fourth-order valence-electron chi connectivity index (χ4n) is 6.23. The van der Waals surface area contributed by atoms with E-state index in [1.807, 2.05) is 36.0 Å². The molecule has 1 N–H and O–H groups in total. The highest BCUT2D eigenvalue weighted by Gasteiger charge is 2.21. The normalized spacial score (nSPS) is 16.7. The fourth-order valence-corrected chi connectivity index (χ4v) is 7.34. The summed E-state index contributed by atoms with van der Waals surface area (Å²) < 4.78 is 8.57. The lowest BCUT2D eigenvalue weighted by Crippen LogP contribution is -2.46. The average Bonchev–Trinajstić information content (AvgIpc) is 3.36. The van der Waals surface area contributed by atoms with Crippen LogP contribution in [0, 0.1) is 11.3 Å². The second kappa shape index (κ2) is 15.6. The van der Waals surface area contributed by atoms with Crippen LogP contribution in [0.5, 0.6) is 5.75 Å². The van der Waals surface area contributed by atoms with Gasteiger partial charge >= 0.3 is 0 Å². The van der Waals surface area contributed by atoms with Crippen molar-refractivity contribution in [2.45, 2.75) is 29.8 Å². The Bertz CT molecular complexity index is 1720. The van der Waals surface area contributed by atoms with E-state index >= 15 is 0 Å². The summed E-state index contributed by atoms with van der Waals surface area (Å²) in [4.78, 5) is 19.9. The second-order valence-electron chi connectivity index (χ2n) is 12.3. The van der Waals surface area contributed by atoms with Gasteiger partial charge in [-0.1, -0.05) is 30.3 Å². The number of ether oxygens (including phenoxy) is 1. The third-order valence-electron chi connectivity index (χ3n) is 9.10. The maximum Gasteiger partial charge on any atom is 0.172 e. The van der Waals surface area contributed by atoms with Gasteiger partial charge in [0.2, 0.25) is 0 Å². The zero-order chi connectivity index (χ0) is 32.8. The molecular formula is C35H44ClN9OS. The Kier molecular flexibility index (Phi) is 11.1. The number of hydrogen-bond donors (Lipinski definition) is 1. The first-order chi connectivity index (χ1) is 22.9. The number of halogens is 1. The van der Waals surface area contributed by atoms with Crippen LogP contribution in [0.2, 0.25) is 5.02 Å². The molecule has 12 heteroatoms. The molecule has 47 heavy (non-hydrogen) atoms. The molecule has 2 aromatic heterocycles. The molecule has 10 nitrogen and oxygen atoms in total. The number of imidazole rings is 1. The van der Waals surface area contributed by atoms with Gasteiger partial charge in [-0.15, -0.1) is 0 Å². The summed E-state index contributed by atoms with van der Waals surface area (Å²) in [6, 6.07) is 12.4. The summed E-state index contributed by atoms with van der Waals surface area (Å²) in [5.41, 5.74) is 3.81. The monoisotopic (exact) mass is 673 g/mol. The first kappa shape index (κ1) is 33.4. The van der Waals surface area contributed by atoms with E-state index in [1.165, 1.54) is 11.8 Å². The van der Waals surface area contributed by atoms with Crippen LogP contribution in [0.4, 0.5) is 17.1 Å². The van der Waals surface area contributed by atoms with Crippen molar-refractivity contribution in [1.82, 2.24) is 29.2 Å². The topological polar surface area (TPSA) is 88.7 Å². The number of anilines is 3. The fraction of sp³-hybridized carbons (Fsp3) is 0.457. The van der Waals surface area contributed by atoms with Gasteiger partial charge in [-0.3, -0.25) is 4.98 Å². The summed E-state index contributed by atoms with van der Waals surface area (Å²) in [6.45, 7) is 13.4. The van der Waals surface area contributed by atoms with Crippen molar-refractivity contribution >= 4 is 51.3 Å². The molecule has 0 radical (unpaired) electrons. The average molecular weight is 674 g/mol. The molecule has 4 aromatic rings. The second-order valence-corrected chi connectivity index (χ2v) is 13.7. The minimum Gasteiger partial charge on any atom is -0.491 e. The van der Waals surface area contributed by atoms with Crippen LogP contribution in [0.25, 0.3) is 10.9 Å². The van der Waals surface area contributed by atoms with Crippen molar-refractivity contribution in [3.63, 3.8) is 0 Å². The lowest BCUT2D eigenvalue weighted by Gasteiger charge is -2.34. The highest BCUT2D eigenvalue weighted by atomic mass is 35.5. The standard InChI is InChI=1S/C35H44ClN9OS/c1-4-43-15-17-44(18-16-43)11-6-20-46-32-22-28-30(23-31(32)45-12-5-10-41(2)14-19-45)39-25-26(24-37)34(28)40-27-7-8-33(29(36)21-27)47-35-38-9-13-42(35)3/h7-9,13,21-23,25H,4-6,10-12,14-20H2,1-3H3,(H,39,40). The van der Waals surface area contributed by atoms with Gasteiger partial charge in [-0.05, 0) is 63.3 Å². The lowest BCUT2D eigenvalue weighted by atomic mass is 10.1. The van der Waals surface area contributed by atoms with Crippen LogP contribution in [0.15, 0.2) is 59.0 Å². The van der Waals surface area contributed by atoms with Gasteiger partial charge in [0, 0.05) is 94.0 Å². The molecule has 0 unspecified atom stereocenters. The molecule has 248 valence electrons. The van der Waals surface area contributed by atoms with Crippen molar-refractivity contribution in [3.05, 3.63) is 59.5 Å². The Labute approximate surface area is 287 Å². The Morgan fingerprint density at radius 2 is 1.83 bits per heavy atom. The van der Waals surface area contributed by atoms with Gasteiger partial charge in [0.15, 0.2) is 5.16 Å². The number of fused-ring (bicyclic) bond motifs is 1.